The summed E-state index contributed by atoms with van der Waals surface area (Å²) in [5, 5.41) is 13.1. The van der Waals surface area contributed by atoms with Crippen LogP contribution in [0.15, 0.2) is 29.2 Å². The molecule has 0 bridgehead atoms. The Morgan fingerprint density at radius 1 is 1.31 bits per heavy atom. The van der Waals surface area contributed by atoms with E-state index in [-0.39, 0.29) is 17.9 Å². The molecular formula is C24H30N4O3S. The predicted octanol–water partition coefficient (Wildman–Crippen LogP) is 3.05. The highest BCUT2D eigenvalue weighted by molar-refractivity contribution is 7.91. The number of hydrogen-bond donors (Lipinski definition) is 2. The number of benzene rings is 1. The largest absolute Gasteiger partial charge is 0.611 e. The second-order valence-corrected chi connectivity index (χ2v) is 10.7. The Balaban J connectivity index is 1.33. The van der Waals surface area contributed by atoms with Crippen LogP contribution in [0.5, 0.6) is 0 Å². The lowest BCUT2D eigenvalue weighted by Crippen LogP contribution is -2.35. The third-order valence-electron chi connectivity index (χ3n) is 6.99. The van der Waals surface area contributed by atoms with E-state index >= 15 is 0 Å². The predicted molar refractivity (Wildman–Crippen MR) is 125 cm³/mol. The number of rotatable bonds is 7. The zero-order chi connectivity index (χ0) is 22.3. The highest BCUT2D eigenvalue weighted by Gasteiger charge is 2.45. The van der Waals surface area contributed by atoms with E-state index < -0.39 is 11.2 Å². The highest BCUT2D eigenvalue weighted by atomic mass is 32.2. The molecule has 0 amide bonds. The second kappa shape index (κ2) is 8.65. The normalized spacial score (nSPS) is 22.0. The van der Waals surface area contributed by atoms with Crippen molar-refractivity contribution < 1.29 is 14.5 Å². The summed E-state index contributed by atoms with van der Waals surface area (Å²) in [6.07, 6.45) is 4.96. The Bertz CT molecular complexity index is 1020. The molecule has 1 unspecified atom stereocenters. The van der Waals surface area contributed by atoms with Gasteiger partial charge in [-0.15, -0.1) is 0 Å². The number of hydrogen-bond acceptors (Lipinski definition) is 7. The number of aromatic nitrogens is 2. The van der Waals surface area contributed by atoms with Crippen LogP contribution in [0.3, 0.4) is 0 Å². The third-order valence-corrected chi connectivity index (χ3v) is 8.45. The molecule has 1 aliphatic carbocycles. The molecular weight excluding hydrogens is 424 g/mol. The summed E-state index contributed by atoms with van der Waals surface area (Å²) in [5.41, 5.74) is 2.59. The molecule has 1 aromatic carbocycles. The van der Waals surface area contributed by atoms with Crippen LogP contribution in [0.1, 0.15) is 66.6 Å². The number of aliphatic hydroxyl groups is 1. The van der Waals surface area contributed by atoms with Crippen molar-refractivity contribution in [2.45, 2.75) is 61.8 Å². The Kier molecular flexibility index (Phi) is 5.86. The van der Waals surface area contributed by atoms with E-state index in [1.165, 1.54) is 5.56 Å². The Morgan fingerprint density at radius 2 is 2.09 bits per heavy atom. The van der Waals surface area contributed by atoms with Gasteiger partial charge in [0.2, 0.25) is 10.8 Å². The summed E-state index contributed by atoms with van der Waals surface area (Å²) < 4.78 is 12.6. The van der Waals surface area contributed by atoms with Gasteiger partial charge in [0.15, 0.2) is 11.6 Å². The molecule has 1 saturated heterocycles. The number of nitrogens with zero attached hydrogens (tertiary/aromatic N) is 3. The molecule has 0 radical (unpaired) electrons. The molecule has 32 heavy (non-hydrogen) atoms. The number of carbonyl (C=O) groups excluding carboxylic acids is 1. The van der Waals surface area contributed by atoms with Crippen molar-refractivity contribution in [1.82, 2.24) is 9.97 Å². The van der Waals surface area contributed by atoms with Crippen molar-refractivity contribution >= 4 is 28.7 Å². The van der Waals surface area contributed by atoms with Crippen molar-refractivity contribution in [2.75, 3.05) is 35.7 Å². The lowest BCUT2D eigenvalue weighted by Gasteiger charge is -2.33. The van der Waals surface area contributed by atoms with E-state index in [4.69, 9.17) is 9.97 Å². The quantitative estimate of drug-likeness (QED) is 0.490. The monoisotopic (exact) mass is 454 g/mol. The van der Waals surface area contributed by atoms with Gasteiger partial charge >= 0.3 is 0 Å². The maximum atomic E-state index is 12.6. The van der Waals surface area contributed by atoms with Gasteiger partial charge < -0.3 is 19.9 Å². The van der Waals surface area contributed by atoms with E-state index in [2.05, 4.69) is 22.3 Å². The summed E-state index contributed by atoms with van der Waals surface area (Å²) >= 11 is -1.08. The van der Waals surface area contributed by atoms with Gasteiger partial charge in [0.25, 0.3) is 0 Å². The van der Waals surface area contributed by atoms with Crippen molar-refractivity contribution in [3.05, 3.63) is 41.1 Å². The van der Waals surface area contributed by atoms with E-state index in [0.717, 1.165) is 54.9 Å². The van der Waals surface area contributed by atoms with Crippen LogP contribution in [0.2, 0.25) is 0 Å². The van der Waals surface area contributed by atoms with Gasteiger partial charge in [-0.2, -0.15) is 4.98 Å². The van der Waals surface area contributed by atoms with Crippen LogP contribution < -0.4 is 10.2 Å². The molecule has 2 aromatic rings. The summed E-state index contributed by atoms with van der Waals surface area (Å²) in [4.78, 5) is 24.6. The van der Waals surface area contributed by atoms with Crippen molar-refractivity contribution in [3.63, 3.8) is 0 Å². The Hall–Kier alpha value is -2.16. The summed E-state index contributed by atoms with van der Waals surface area (Å²) in [6, 6.07) is 8.07. The van der Waals surface area contributed by atoms with Crippen LogP contribution in [0.4, 0.5) is 11.8 Å². The average molecular weight is 455 g/mol. The molecule has 1 atom stereocenters. The molecule has 2 aliphatic heterocycles. The fraction of sp³-hybridized carbons (Fsp3) is 0.542. The molecule has 5 rings (SSSR count). The Labute approximate surface area is 191 Å². The number of ketones is 1. The minimum atomic E-state index is -1.08. The molecule has 8 heteroatoms. The van der Waals surface area contributed by atoms with Crippen LogP contribution in [-0.4, -0.2) is 56.4 Å². The first-order valence-corrected chi connectivity index (χ1v) is 12.9. The molecule has 1 aromatic heterocycles. The number of fused-ring (bicyclic) bond motifs is 1. The van der Waals surface area contributed by atoms with Crippen molar-refractivity contribution in [2.24, 2.45) is 0 Å². The van der Waals surface area contributed by atoms with E-state index in [9.17, 15) is 14.5 Å². The number of aryl methyl sites for hydroxylation is 1. The zero-order valence-corrected chi connectivity index (χ0v) is 19.3. The van der Waals surface area contributed by atoms with E-state index in [0.29, 0.717) is 36.3 Å². The number of Topliss-reactive ketones (excluding diaryl/α,β-unsaturated/α-hetero) is 1. The maximum absolute atomic E-state index is 12.6. The number of nitrogens with one attached hydrogen (secondary N) is 1. The summed E-state index contributed by atoms with van der Waals surface area (Å²) in [6.45, 7) is 3.62. The lowest BCUT2D eigenvalue weighted by atomic mass is 9.88. The second-order valence-electron chi connectivity index (χ2n) is 9.17. The third kappa shape index (κ3) is 4.11. The van der Waals surface area contributed by atoms with E-state index in [1.54, 1.807) is 0 Å². The van der Waals surface area contributed by atoms with Gasteiger partial charge in [0.05, 0.1) is 12.1 Å². The van der Waals surface area contributed by atoms with Gasteiger partial charge in [-0.3, -0.25) is 4.79 Å². The summed E-state index contributed by atoms with van der Waals surface area (Å²) in [7, 11) is 0. The standard InChI is InChI=1S/C24H30N4O3S/c1-2-20(30)18-5-3-4-17(14-18)16-6-11-28(12-7-16)23-25-19-8-13-32(31)21(19)22(26-23)27-24(15-29)9-10-24/h3-5,14,16,29H,2,6-13,15H2,1H3,(H,25,26,27). The molecule has 170 valence electrons. The number of anilines is 2. The number of aliphatic hydroxyl groups excluding tert-OH is 1. The fourth-order valence-electron chi connectivity index (χ4n) is 4.72. The van der Waals surface area contributed by atoms with Gasteiger partial charge in [0.1, 0.15) is 11.4 Å². The van der Waals surface area contributed by atoms with Gasteiger partial charge in [-0.1, -0.05) is 25.1 Å². The van der Waals surface area contributed by atoms with Gasteiger partial charge in [-0.25, -0.2) is 4.98 Å². The minimum absolute atomic E-state index is 0.0543. The molecule has 3 heterocycles. The Morgan fingerprint density at radius 3 is 2.78 bits per heavy atom. The molecule has 3 aliphatic rings. The fourth-order valence-corrected chi connectivity index (χ4v) is 6.02. The zero-order valence-electron chi connectivity index (χ0n) is 18.5. The van der Waals surface area contributed by atoms with Crippen LogP contribution in [0.25, 0.3) is 0 Å². The van der Waals surface area contributed by atoms with Crippen LogP contribution in [0, 0.1) is 0 Å². The molecule has 0 spiro atoms. The van der Waals surface area contributed by atoms with Crippen molar-refractivity contribution in [1.29, 1.82) is 0 Å². The van der Waals surface area contributed by atoms with Crippen LogP contribution in [-0.2, 0) is 17.6 Å². The maximum Gasteiger partial charge on any atom is 0.227 e. The highest BCUT2D eigenvalue weighted by Crippen LogP contribution is 2.42. The average Bonchev–Trinajstić information content (AvgIpc) is 3.51. The van der Waals surface area contributed by atoms with Gasteiger partial charge in [0, 0.05) is 31.5 Å². The smallest absolute Gasteiger partial charge is 0.227 e. The first-order chi connectivity index (χ1) is 15.5. The minimum Gasteiger partial charge on any atom is -0.611 e. The van der Waals surface area contributed by atoms with E-state index in [1.807, 2.05) is 19.1 Å². The molecule has 2 fully saturated rings. The van der Waals surface area contributed by atoms with Gasteiger partial charge in [-0.05, 0) is 54.4 Å². The van der Waals surface area contributed by atoms with Crippen molar-refractivity contribution in [3.8, 4) is 0 Å². The number of carbonyl (C=O) groups is 1. The lowest BCUT2D eigenvalue weighted by molar-refractivity contribution is 0.0988. The SMILES string of the molecule is CCC(=O)c1cccc(C2CCN(c3nc4c(c(NC5(CO)CC5)n3)[S+]([O-])CC4)CC2)c1. The topological polar surface area (TPSA) is 101 Å². The number of piperidine rings is 1. The molecule has 2 N–H and O–H groups in total. The summed E-state index contributed by atoms with van der Waals surface area (Å²) in [5.74, 6) is 2.51. The first-order valence-electron chi connectivity index (χ1n) is 11.6. The molecule has 7 nitrogen and oxygen atoms in total. The first kappa shape index (κ1) is 21.7. The molecule has 1 saturated carbocycles. The van der Waals surface area contributed by atoms with Crippen LogP contribution >= 0.6 is 0 Å².